The monoisotopic (exact) mass is 798 g/mol. The summed E-state index contributed by atoms with van der Waals surface area (Å²) in [7, 11) is 1.30. The summed E-state index contributed by atoms with van der Waals surface area (Å²) < 4.78 is 28.4. The van der Waals surface area contributed by atoms with Crippen LogP contribution in [0.4, 0.5) is 9.59 Å². The maximum Gasteiger partial charge on any atom is 0.511 e. The third kappa shape index (κ3) is 10.2. The summed E-state index contributed by atoms with van der Waals surface area (Å²) in [6, 6.07) is 20.1. The number of aromatic amines is 1. The Labute approximate surface area is 334 Å². The minimum atomic E-state index is -1.25. The van der Waals surface area contributed by atoms with Crippen molar-refractivity contribution < 1.29 is 47.7 Å². The molecule has 3 aromatic carbocycles. The van der Waals surface area contributed by atoms with E-state index in [0.717, 1.165) is 35.1 Å². The van der Waals surface area contributed by atoms with Crippen LogP contribution in [0.3, 0.4) is 0 Å². The molecule has 1 saturated heterocycles. The number of nitrogens with zero attached hydrogens (tertiary/aromatic N) is 6. The van der Waals surface area contributed by atoms with Gasteiger partial charge in [0.2, 0.25) is 12.1 Å². The summed E-state index contributed by atoms with van der Waals surface area (Å²) in [4.78, 5) is 61.7. The molecule has 2 atom stereocenters. The van der Waals surface area contributed by atoms with Crippen molar-refractivity contribution >= 4 is 35.2 Å². The number of para-hydroxylation sites is 1. The van der Waals surface area contributed by atoms with Crippen LogP contribution >= 0.6 is 0 Å². The van der Waals surface area contributed by atoms with Crippen LogP contribution < -0.4 is 10.2 Å². The lowest BCUT2D eigenvalue weighted by Crippen LogP contribution is -2.52. The van der Waals surface area contributed by atoms with E-state index in [-0.39, 0.29) is 18.8 Å². The molecule has 2 aromatic heterocycles. The molecule has 0 saturated carbocycles. The maximum absolute atomic E-state index is 13.5. The Kier molecular flexibility index (Phi) is 14.2. The highest BCUT2D eigenvalue weighted by Gasteiger charge is 2.33. The highest BCUT2D eigenvalue weighted by atomic mass is 16.8. The largest absolute Gasteiger partial charge is 0.511 e. The normalized spacial score (nSPS) is 14.4. The average Bonchev–Trinajstić information content (AvgIpc) is 3.90. The number of aromatic nitrogens is 6. The second kappa shape index (κ2) is 20.0. The van der Waals surface area contributed by atoms with Gasteiger partial charge in [-0.25, -0.2) is 24.7 Å². The number of nitrogens with one attached hydrogen (secondary N) is 2. The zero-order chi connectivity index (χ0) is 40.9. The molecule has 6 rings (SSSR count). The molecule has 3 heterocycles. The number of H-pyrrole nitrogens is 1. The molecule has 2 unspecified atom stereocenters. The third-order valence-electron chi connectivity index (χ3n) is 9.39. The number of tetrazole rings is 1. The Hall–Kier alpha value is -6.56. The van der Waals surface area contributed by atoms with Gasteiger partial charge in [-0.3, -0.25) is 9.40 Å². The van der Waals surface area contributed by atoms with Gasteiger partial charge in [-0.15, -0.1) is 10.2 Å². The van der Waals surface area contributed by atoms with E-state index < -0.39 is 36.5 Å². The molecule has 18 heteroatoms. The number of piperidine rings is 1. The summed E-state index contributed by atoms with van der Waals surface area (Å²) >= 11 is 0. The lowest BCUT2D eigenvalue weighted by Gasteiger charge is -2.33. The van der Waals surface area contributed by atoms with Crippen molar-refractivity contribution in [2.75, 3.05) is 33.5 Å². The molecule has 1 fully saturated rings. The van der Waals surface area contributed by atoms with E-state index in [1.54, 1.807) is 18.2 Å². The molecule has 1 aliphatic rings. The van der Waals surface area contributed by atoms with Crippen LogP contribution in [-0.4, -0.2) is 105 Å². The van der Waals surface area contributed by atoms with E-state index in [9.17, 15) is 19.2 Å². The lowest BCUT2D eigenvalue weighted by molar-refractivity contribution is -0.147. The van der Waals surface area contributed by atoms with Crippen molar-refractivity contribution in [3.8, 4) is 28.5 Å². The van der Waals surface area contributed by atoms with Gasteiger partial charge in [0.25, 0.3) is 6.01 Å². The molecule has 2 N–H and O–H groups in total. The van der Waals surface area contributed by atoms with Crippen molar-refractivity contribution in [1.29, 1.82) is 0 Å². The molecule has 18 nitrogen and oxygen atoms in total. The molecule has 0 bridgehead atoms. The Bertz CT molecular complexity index is 2160. The van der Waals surface area contributed by atoms with Gasteiger partial charge in [0.15, 0.2) is 0 Å². The Morgan fingerprint density at radius 3 is 2.48 bits per heavy atom. The predicted molar refractivity (Wildman–Crippen MR) is 207 cm³/mol. The first-order chi connectivity index (χ1) is 28.3. The van der Waals surface area contributed by atoms with E-state index in [2.05, 4.69) is 31.1 Å². The second-order valence-corrected chi connectivity index (χ2v) is 13.3. The molecule has 0 aliphatic carbocycles. The fourth-order valence-electron chi connectivity index (χ4n) is 6.64. The lowest BCUT2D eigenvalue weighted by atomic mass is 9.98. The number of benzene rings is 3. The molecule has 58 heavy (non-hydrogen) atoms. The first kappa shape index (κ1) is 41.1. The van der Waals surface area contributed by atoms with Crippen LogP contribution in [-0.2, 0) is 35.1 Å². The number of fused-ring (bicyclic) bond motifs is 1. The van der Waals surface area contributed by atoms with Crippen LogP contribution in [0.15, 0.2) is 66.7 Å². The van der Waals surface area contributed by atoms with Crippen molar-refractivity contribution in [3.05, 3.63) is 77.9 Å². The third-order valence-corrected chi connectivity index (χ3v) is 9.39. The zero-order valence-corrected chi connectivity index (χ0v) is 32.5. The predicted octanol–water partition coefficient (Wildman–Crippen LogP) is 5.83. The fraction of sp³-hybridized carbons (Fsp3) is 0.400. The van der Waals surface area contributed by atoms with Crippen molar-refractivity contribution in [2.24, 2.45) is 0 Å². The molecule has 306 valence electrons. The number of ether oxygens (including phenoxy) is 5. The van der Waals surface area contributed by atoms with Gasteiger partial charge in [0, 0.05) is 19.0 Å². The van der Waals surface area contributed by atoms with Crippen LogP contribution in [0.2, 0.25) is 0 Å². The van der Waals surface area contributed by atoms with Gasteiger partial charge in [-0.2, -0.15) is 10.2 Å². The van der Waals surface area contributed by atoms with Gasteiger partial charge >= 0.3 is 24.1 Å². The summed E-state index contributed by atoms with van der Waals surface area (Å²) in [5, 5.41) is 14.5. The smallest absolute Gasteiger partial charge is 0.467 e. The second-order valence-electron chi connectivity index (χ2n) is 13.3. The van der Waals surface area contributed by atoms with Crippen molar-refractivity contribution in [1.82, 2.24) is 40.6 Å². The number of esters is 2. The summed E-state index contributed by atoms with van der Waals surface area (Å²) in [5.41, 5.74) is 7.28. The van der Waals surface area contributed by atoms with Gasteiger partial charge < -0.3 is 28.6 Å². The number of amides is 2. The van der Waals surface area contributed by atoms with E-state index in [4.69, 9.17) is 28.5 Å². The molecule has 0 spiro atoms. The molecular weight excluding hydrogens is 752 g/mol. The average molecular weight is 799 g/mol. The number of carbonyl (C=O) groups excluding carboxylic acids is 4. The highest BCUT2D eigenvalue weighted by molar-refractivity contribution is 6.02. The number of urea groups is 1. The van der Waals surface area contributed by atoms with Gasteiger partial charge in [0.05, 0.1) is 50.1 Å². The van der Waals surface area contributed by atoms with E-state index in [1.165, 1.54) is 18.9 Å². The van der Waals surface area contributed by atoms with Gasteiger partial charge in [0.1, 0.15) is 6.04 Å². The maximum atomic E-state index is 13.5. The number of hydrogen-bond acceptors (Lipinski definition) is 14. The number of unbranched alkanes of at least 4 members (excludes halogenated alkanes) is 2. The minimum absolute atomic E-state index is 0.0610. The quantitative estimate of drug-likeness (QED) is 0.0373. The number of hydrogen-bond donors (Lipinski definition) is 2. The van der Waals surface area contributed by atoms with Crippen LogP contribution in [0.1, 0.15) is 68.3 Å². The fourth-order valence-corrected chi connectivity index (χ4v) is 6.64. The van der Waals surface area contributed by atoms with Crippen LogP contribution in [0.5, 0.6) is 6.01 Å². The van der Waals surface area contributed by atoms with Crippen LogP contribution in [0.25, 0.3) is 33.5 Å². The molecule has 5 aromatic rings. The number of methoxy groups -OCH3 is 1. The number of likely N-dealkylation sites (tertiary alicyclic amines) is 1. The summed E-state index contributed by atoms with van der Waals surface area (Å²) in [6.45, 7) is 4.68. The number of hydroxylamine groups is 1. The van der Waals surface area contributed by atoms with E-state index >= 15 is 0 Å². The van der Waals surface area contributed by atoms with E-state index in [1.807, 2.05) is 60.0 Å². The molecule has 1 aliphatic heterocycles. The highest BCUT2D eigenvalue weighted by Crippen LogP contribution is 2.31. The van der Waals surface area contributed by atoms with Crippen LogP contribution in [0, 0.1) is 0 Å². The first-order valence-electron chi connectivity index (χ1n) is 19.1. The summed E-state index contributed by atoms with van der Waals surface area (Å²) in [6.07, 6.45) is 1.64. The number of imidazole rings is 1. The summed E-state index contributed by atoms with van der Waals surface area (Å²) in [5.74, 6) is -0.681. The number of rotatable bonds is 17. The number of carbonyl (C=O) groups is 4. The Balaban J connectivity index is 0.984. The first-order valence-corrected chi connectivity index (χ1v) is 19.1. The Morgan fingerprint density at radius 1 is 0.931 bits per heavy atom. The topological polar surface area (TPSA) is 211 Å². The van der Waals surface area contributed by atoms with Gasteiger partial charge in [-0.05, 0) is 79.5 Å². The molecular formula is C40H46N8O10. The zero-order valence-electron chi connectivity index (χ0n) is 32.5. The van der Waals surface area contributed by atoms with Crippen molar-refractivity contribution in [3.63, 3.8) is 0 Å². The minimum Gasteiger partial charge on any atom is -0.467 e. The van der Waals surface area contributed by atoms with E-state index in [0.29, 0.717) is 68.2 Å². The Morgan fingerprint density at radius 2 is 1.72 bits per heavy atom. The van der Waals surface area contributed by atoms with Gasteiger partial charge in [-0.1, -0.05) is 54.6 Å². The standard InChI is InChI=1S/C40H46N8O10/c1-4-54-39-41-32-16-12-15-31(34(32)48(39)25-27-18-20-28(21-19-27)29-13-6-7-14-30(29)35-42-45-46-43-35)36(49)57-26(2)58-40(52)55-23-10-5-11-24-56-44-38(51)47-22-9-8-17-33(47)37(50)53-3/h6-7,12-16,18-21,26,33H,4-5,8-11,17,22-25H2,1-3H3,(H,44,51)(H,42,43,45,46). The van der Waals surface area contributed by atoms with Crippen molar-refractivity contribution in [2.45, 2.75) is 71.2 Å². The molecule has 0 radical (unpaired) electrons. The molecule has 2 amide bonds. The SMILES string of the molecule is CCOc1nc2cccc(C(=O)OC(C)OC(=O)OCCCCCONC(=O)N3CCCCC3C(=O)OC)c2n1Cc1ccc(-c2ccccc2-c2nn[nH]n2)cc1.